The van der Waals surface area contributed by atoms with Gasteiger partial charge in [0.2, 0.25) is 0 Å². The van der Waals surface area contributed by atoms with Crippen molar-refractivity contribution in [3.8, 4) is 0 Å². The molecule has 1 N–H and O–H groups in total. The fourth-order valence-electron chi connectivity index (χ4n) is 1.37. The first-order valence-corrected chi connectivity index (χ1v) is 5.86. The van der Waals surface area contributed by atoms with Crippen LogP contribution < -0.4 is 0 Å². The maximum atomic E-state index is 11.0. The van der Waals surface area contributed by atoms with Crippen LogP contribution in [0.4, 0.5) is 0 Å². The molecule has 0 aromatic rings. The van der Waals surface area contributed by atoms with E-state index in [1.165, 1.54) is 0 Å². The van der Waals surface area contributed by atoms with E-state index in [9.17, 15) is 13.5 Å². The molecule has 0 aromatic carbocycles. The fraction of sp³-hybridized carbons (Fsp3) is 0.750. The lowest BCUT2D eigenvalue weighted by molar-refractivity contribution is 0.0803. The molecule has 70 valence electrons. The van der Waals surface area contributed by atoms with Crippen LogP contribution in [-0.4, -0.2) is 30.6 Å². The molecule has 0 radical (unpaired) electrons. The molecule has 1 aliphatic rings. The third-order valence-corrected chi connectivity index (χ3v) is 3.82. The van der Waals surface area contributed by atoms with E-state index < -0.39 is 15.4 Å². The van der Waals surface area contributed by atoms with Gasteiger partial charge in [0.1, 0.15) is 0 Å². The average Bonchev–Trinajstić information content (AvgIpc) is 1.98. The van der Waals surface area contributed by atoms with Gasteiger partial charge in [-0.1, -0.05) is 12.2 Å². The Morgan fingerprint density at radius 3 is 2.25 bits per heavy atom. The lowest BCUT2D eigenvalue weighted by atomic mass is 9.97. The van der Waals surface area contributed by atoms with Crippen molar-refractivity contribution < 1.29 is 13.5 Å². The van der Waals surface area contributed by atoms with E-state index in [-0.39, 0.29) is 11.5 Å². The van der Waals surface area contributed by atoms with E-state index in [2.05, 4.69) is 0 Å². The molecular formula is C8H14O3S. The van der Waals surface area contributed by atoms with Gasteiger partial charge in [0, 0.05) is 0 Å². The molecule has 0 bridgehead atoms. The summed E-state index contributed by atoms with van der Waals surface area (Å²) >= 11 is 0. The number of aliphatic hydroxyl groups is 1. The van der Waals surface area contributed by atoms with Gasteiger partial charge < -0.3 is 5.11 Å². The van der Waals surface area contributed by atoms with E-state index in [1.807, 2.05) is 6.92 Å². The number of sulfone groups is 1. The van der Waals surface area contributed by atoms with Gasteiger partial charge in [0.05, 0.1) is 17.1 Å². The van der Waals surface area contributed by atoms with Gasteiger partial charge >= 0.3 is 0 Å². The summed E-state index contributed by atoms with van der Waals surface area (Å²) in [7, 11) is -2.87. The van der Waals surface area contributed by atoms with Crippen LogP contribution in [0, 0.1) is 0 Å². The predicted molar refractivity (Wildman–Crippen MR) is 47.7 cm³/mol. The van der Waals surface area contributed by atoms with Crippen molar-refractivity contribution in [2.24, 2.45) is 0 Å². The normalized spacial score (nSPS) is 27.5. The Hall–Kier alpha value is -0.350. The molecule has 12 heavy (non-hydrogen) atoms. The van der Waals surface area contributed by atoms with Crippen molar-refractivity contribution in [2.75, 3.05) is 11.5 Å². The van der Waals surface area contributed by atoms with Crippen LogP contribution in [0.3, 0.4) is 0 Å². The van der Waals surface area contributed by atoms with Gasteiger partial charge in [-0.05, 0) is 19.8 Å². The highest BCUT2D eigenvalue weighted by molar-refractivity contribution is 7.91. The van der Waals surface area contributed by atoms with E-state index >= 15 is 0 Å². The highest BCUT2D eigenvalue weighted by atomic mass is 32.2. The maximum absolute atomic E-state index is 11.0. The molecule has 0 amide bonds. The van der Waals surface area contributed by atoms with E-state index in [0.29, 0.717) is 12.8 Å². The van der Waals surface area contributed by atoms with Crippen LogP contribution in [0.5, 0.6) is 0 Å². The Kier molecular flexibility index (Phi) is 2.58. The molecule has 1 fully saturated rings. The summed E-state index contributed by atoms with van der Waals surface area (Å²) in [6.45, 7) is 1.82. The molecule has 0 unspecified atom stereocenters. The maximum Gasteiger partial charge on any atom is 0.150 e. The average molecular weight is 190 g/mol. The molecule has 0 saturated carbocycles. The van der Waals surface area contributed by atoms with Crippen LogP contribution in [0.2, 0.25) is 0 Å². The summed E-state index contributed by atoms with van der Waals surface area (Å²) in [5.41, 5.74) is -0.875. The van der Waals surface area contributed by atoms with Crippen molar-refractivity contribution in [2.45, 2.75) is 25.4 Å². The minimum Gasteiger partial charge on any atom is -0.386 e. The second kappa shape index (κ2) is 3.18. The van der Waals surface area contributed by atoms with Gasteiger partial charge in [0.15, 0.2) is 9.84 Å². The lowest BCUT2D eigenvalue weighted by Gasteiger charge is -2.28. The largest absolute Gasteiger partial charge is 0.386 e. The molecule has 0 aromatic heterocycles. The summed E-state index contributed by atoms with van der Waals surface area (Å²) in [5.74, 6) is 0.210. The zero-order chi connectivity index (χ0) is 9.24. The third-order valence-electron chi connectivity index (χ3n) is 2.17. The minimum absolute atomic E-state index is 0.105. The van der Waals surface area contributed by atoms with Gasteiger partial charge in [-0.15, -0.1) is 0 Å². The van der Waals surface area contributed by atoms with Crippen molar-refractivity contribution in [3.05, 3.63) is 12.2 Å². The first-order valence-electron chi connectivity index (χ1n) is 4.04. The highest BCUT2D eigenvalue weighted by Crippen LogP contribution is 2.24. The molecule has 4 heteroatoms. The summed E-state index contributed by atoms with van der Waals surface area (Å²) in [5, 5.41) is 9.75. The summed E-state index contributed by atoms with van der Waals surface area (Å²) in [6, 6.07) is 0. The Bertz CT molecular complexity index is 263. The minimum atomic E-state index is -2.87. The Morgan fingerprint density at radius 1 is 1.33 bits per heavy atom. The topological polar surface area (TPSA) is 54.4 Å². The molecule has 1 saturated heterocycles. The van der Waals surface area contributed by atoms with Crippen LogP contribution in [0.15, 0.2) is 12.2 Å². The van der Waals surface area contributed by atoms with Gasteiger partial charge in [-0.25, -0.2) is 8.42 Å². The van der Waals surface area contributed by atoms with Crippen LogP contribution in [0.1, 0.15) is 19.8 Å². The summed E-state index contributed by atoms with van der Waals surface area (Å²) < 4.78 is 22.0. The second-order valence-electron chi connectivity index (χ2n) is 3.26. The molecular weight excluding hydrogens is 176 g/mol. The molecule has 1 rings (SSSR count). The summed E-state index contributed by atoms with van der Waals surface area (Å²) in [4.78, 5) is 0. The Morgan fingerprint density at radius 2 is 1.83 bits per heavy atom. The van der Waals surface area contributed by atoms with E-state index in [4.69, 9.17) is 0 Å². The Labute approximate surface area is 73.0 Å². The monoisotopic (exact) mass is 190 g/mol. The van der Waals surface area contributed by atoms with Gasteiger partial charge in [0.25, 0.3) is 0 Å². The molecule has 0 atom stereocenters. The zero-order valence-corrected chi connectivity index (χ0v) is 7.97. The molecule has 3 nitrogen and oxygen atoms in total. The second-order valence-corrected chi connectivity index (χ2v) is 5.56. The highest BCUT2D eigenvalue weighted by Gasteiger charge is 2.32. The quantitative estimate of drug-likeness (QED) is 0.613. The fourth-order valence-corrected chi connectivity index (χ4v) is 2.90. The standard InChI is InChI=1S/C8H14O3S/c1-2-3-8(9)4-6-12(10,11)7-5-8/h2-3,9H,4-7H2,1H3/b3-2+. The van der Waals surface area contributed by atoms with Crippen molar-refractivity contribution >= 4 is 9.84 Å². The SMILES string of the molecule is C/C=C/C1(O)CCS(=O)(=O)CC1. The number of allylic oxidation sites excluding steroid dienone is 1. The first kappa shape index (κ1) is 9.74. The van der Waals surface area contributed by atoms with Crippen molar-refractivity contribution in [1.29, 1.82) is 0 Å². The van der Waals surface area contributed by atoms with Crippen LogP contribution in [-0.2, 0) is 9.84 Å². The molecule has 1 aliphatic heterocycles. The number of hydrogen-bond acceptors (Lipinski definition) is 3. The smallest absolute Gasteiger partial charge is 0.150 e. The zero-order valence-electron chi connectivity index (χ0n) is 7.16. The molecule has 0 aliphatic carbocycles. The van der Waals surface area contributed by atoms with Gasteiger partial charge in [-0.3, -0.25) is 0 Å². The van der Waals surface area contributed by atoms with Gasteiger partial charge in [-0.2, -0.15) is 0 Å². The van der Waals surface area contributed by atoms with Crippen LogP contribution >= 0.6 is 0 Å². The third kappa shape index (κ3) is 2.32. The molecule has 1 heterocycles. The van der Waals surface area contributed by atoms with E-state index in [0.717, 1.165) is 0 Å². The lowest BCUT2D eigenvalue weighted by Crippen LogP contribution is -2.37. The predicted octanol–water partition coefficient (Wildman–Crippen LogP) is 0.502. The van der Waals surface area contributed by atoms with Crippen molar-refractivity contribution in [3.63, 3.8) is 0 Å². The number of hydrogen-bond donors (Lipinski definition) is 1. The Balaban J connectivity index is 2.67. The molecule has 0 spiro atoms. The summed E-state index contributed by atoms with van der Waals surface area (Å²) in [6.07, 6.45) is 4.11. The first-order chi connectivity index (χ1) is 5.47. The van der Waals surface area contributed by atoms with Crippen molar-refractivity contribution in [1.82, 2.24) is 0 Å². The van der Waals surface area contributed by atoms with Crippen LogP contribution in [0.25, 0.3) is 0 Å². The number of rotatable bonds is 1. The van der Waals surface area contributed by atoms with E-state index in [1.54, 1.807) is 12.2 Å².